The molecule has 0 aliphatic heterocycles. The molecule has 1 heterocycles. The molecule has 0 aliphatic rings. The predicted molar refractivity (Wildman–Crippen MR) is 80.8 cm³/mol. The molecule has 5 heteroatoms. The van der Waals surface area contributed by atoms with Crippen LogP contribution >= 0.6 is 11.6 Å². The van der Waals surface area contributed by atoms with Crippen molar-refractivity contribution in [3.05, 3.63) is 59.5 Å². The number of aliphatic hydroxyl groups is 1. The van der Waals surface area contributed by atoms with Gasteiger partial charge in [0, 0.05) is 16.1 Å². The zero-order chi connectivity index (χ0) is 14.8. The number of aromatic nitrogens is 1. The van der Waals surface area contributed by atoms with Gasteiger partial charge in [0.15, 0.2) is 0 Å². The van der Waals surface area contributed by atoms with Gasteiger partial charge in [0.25, 0.3) is 0 Å². The van der Waals surface area contributed by atoms with E-state index in [9.17, 15) is 4.39 Å². The van der Waals surface area contributed by atoms with Crippen LogP contribution in [0.25, 0.3) is 16.6 Å². The average Bonchev–Trinajstić information content (AvgIpc) is 2.84. The summed E-state index contributed by atoms with van der Waals surface area (Å²) in [5, 5.41) is 10.4. The summed E-state index contributed by atoms with van der Waals surface area (Å²) in [5.41, 5.74) is 1.72. The van der Waals surface area contributed by atoms with Crippen LogP contribution in [0.5, 0.6) is 5.75 Å². The Kier molecular flexibility index (Phi) is 3.82. The summed E-state index contributed by atoms with van der Waals surface area (Å²) in [5.74, 6) is 0.348. The normalized spacial score (nSPS) is 11.0. The van der Waals surface area contributed by atoms with Crippen LogP contribution in [0.4, 0.5) is 4.39 Å². The molecule has 0 saturated heterocycles. The maximum absolute atomic E-state index is 13.1. The van der Waals surface area contributed by atoms with Crippen molar-refractivity contribution < 1.29 is 14.2 Å². The van der Waals surface area contributed by atoms with Crippen LogP contribution in [0.1, 0.15) is 0 Å². The molecule has 0 atom stereocenters. The highest BCUT2D eigenvalue weighted by Gasteiger charge is 2.11. The summed E-state index contributed by atoms with van der Waals surface area (Å²) >= 11 is 6.04. The molecule has 0 fully saturated rings. The van der Waals surface area contributed by atoms with Crippen molar-refractivity contribution in [1.82, 2.24) is 4.57 Å². The molecule has 21 heavy (non-hydrogen) atoms. The van der Waals surface area contributed by atoms with E-state index in [0.717, 1.165) is 16.6 Å². The molecule has 3 nitrogen and oxygen atoms in total. The van der Waals surface area contributed by atoms with Crippen molar-refractivity contribution in [3.63, 3.8) is 0 Å². The lowest BCUT2D eigenvalue weighted by molar-refractivity contribution is 0.202. The molecule has 0 saturated carbocycles. The molecule has 3 aromatic rings. The first kappa shape index (κ1) is 13.9. The summed E-state index contributed by atoms with van der Waals surface area (Å²) in [6.07, 6.45) is 1.81. The number of hydrogen-bond acceptors (Lipinski definition) is 2. The van der Waals surface area contributed by atoms with Crippen LogP contribution in [-0.2, 0) is 0 Å². The fourth-order valence-electron chi connectivity index (χ4n) is 2.26. The molecular weight excluding hydrogens is 293 g/mol. The highest BCUT2D eigenvalue weighted by Crippen LogP contribution is 2.32. The molecular formula is C16H13ClFNO2. The highest BCUT2D eigenvalue weighted by atomic mass is 35.5. The summed E-state index contributed by atoms with van der Waals surface area (Å²) in [6.45, 7) is 0.138. The Hall–Kier alpha value is -2.04. The molecule has 0 radical (unpaired) electrons. The lowest BCUT2D eigenvalue weighted by Gasteiger charge is -2.04. The van der Waals surface area contributed by atoms with Crippen LogP contribution < -0.4 is 4.74 Å². The van der Waals surface area contributed by atoms with E-state index in [-0.39, 0.29) is 19.0 Å². The molecule has 0 aliphatic carbocycles. The lowest BCUT2D eigenvalue weighted by Crippen LogP contribution is -2.01. The molecule has 1 aromatic heterocycles. The monoisotopic (exact) mass is 305 g/mol. The smallest absolute Gasteiger partial charge is 0.145 e. The van der Waals surface area contributed by atoms with Crippen molar-refractivity contribution in [2.45, 2.75) is 0 Å². The Labute approximate surface area is 126 Å². The molecule has 108 valence electrons. The minimum absolute atomic E-state index is 0.0657. The molecule has 0 spiro atoms. The van der Waals surface area contributed by atoms with Gasteiger partial charge in [-0.2, -0.15) is 0 Å². The number of halogens is 2. The zero-order valence-electron chi connectivity index (χ0n) is 11.1. The Balaban J connectivity index is 2.16. The van der Waals surface area contributed by atoms with Crippen molar-refractivity contribution in [2.24, 2.45) is 0 Å². The van der Waals surface area contributed by atoms with Crippen molar-refractivity contribution >= 4 is 22.5 Å². The molecule has 2 aromatic carbocycles. The second kappa shape index (κ2) is 5.76. The Morgan fingerprint density at radius 3 is 2.62 bits per heavy atom. The topological polar surface area (TPSA) is 34.4 Å². The maximum Gasteiger partial charge on any atom is 0.145 e. The first-order chi connectivity index (χ1) is 10.2. The van der Waals surface area contributed by atoms with Crippen molar-refractivity contribution in [1.29, 1.82) is 0 Å². The number of nitrogens with zero attached hydrogens (tertiary/aromatic N) is 1. The number of fused-ring (bicyclic) bond motifs is 1. The Morgan fingerprint density at radius 2 is 1.90 bits per heavy atom. The van der Waals surface area contributed by atoms with Crippen molar-refractivity contribution in [3.8, 4) is 11.4 Å². The first-order valence-corrected chi connectivity index (χ1v) is 6.87. The van der Waals surface area contributed by atoms with Gasteiger partial charge in [0.05, 0.1) is 18.3 Å². The summed E-state index contributed by atoms with van der Waals surface area (Å²) < 4.78 is 20.5. The third-order valence-corrected chi connectivity index (χ3v) is 3.42. The number of hydrogen-bond donors (Lipinski definition) is 1. The van der Waals surface area contributed by atoms with E-state index in [1.54, 1.807) is 18.2 Å². The summed E-state index contributed by atoms with van der Waals surface area (Å²) in [6, 6.07) is 11.7. The van der Waals surface area contributed by atoms with Crippen LogP contribution in [0.3, 0.4) is 0 Å². The molecule has 1 N–H and O–H groups in total. The van der Waals surface area contributed by atoms with Gasteiger partial charge >= 0.3 is 0 Å². The van der Waals surface area contributed by atoms with E-state index in [1.165, 1.54) is 12.1 Å². The van der Waals surface area contributed by atoms with E-state index in [4.69, 9.17) is 21.4 Å². The lowest BCUT2D eigenvalue weighted by atomic mass is 10.2. The number of ether oxygens (including phenoxy) is 1. The Bertz CT molecular complexity index is 768. The molecule has 3 rings (SSSR count). The molecule has 0 amide bonds. The van der Waals surface area contributed by atoms with Crippen LogP contribution in [0, 0.1) is 5.82 Å². The summed E-state index contributed by atoms with van der Waals surface area (Å²) in [7, 11) is 0. The van der Waals surface area contributed by atoms with Crippen LogP contribution in [0.2, 0.25) is 5.02 Å². The van der Waals surface area contributed by atoms with Gasteiger partial charge in [0.2, 0.25) is 0 Å². The second-order valence-electron chi connectivity index (χ2n) is 4.57. The van der Waals surface area contributed by atoms with Gasteiger partial charge < -0.3 is 14.4 Å². The molecule has 0 unspecified atom stereocenters. The van der Waals surface area contributed by atoms with E-state index < -0.39 is 0 Å². The fourth-order valence-corrected chi connectivity index (χ4v) is 2.43. The first-order valence-electron chi connectivity index (χ1n) is 6.49. The highest BCUT2D eigenvalue weighted by molar-refractivity contribution is 6.31. The van der Waals surface area contributed by atoms with Crippen LogP contribution in [0.15, 0.2) is 48.7 Å². The van der Waals surface area contributed by atoms with Gasteiger partial charge in [-0.1, -0.05) is 11.6 Å². The van der Waals surface area contributed by atoms with Gasteiger partial charge in [0.1, 0.15) is 18.2 Å². The molecule has 0 bridgehead atoms. The van der Waals surface area contributed by atoms with Gasteiger partial charge in [-0.05, 0) is 42.5 Å². The van der Waals surface area contributed by atoms with Crippen LogP contribution in [-0.4, -0.2) is 22.9 Å². The third-order valence-electron chi connectivity index (χ3n) is 3.18. The van der Waals surface area contributed by atoms with E-state index in [0.29, 0.717) is 10.8 Å². The standard InChI is InChI=1S/C16H13ClFNO2/c17-11-1-6-15-14(9-11)16(21-8-7-20)10-19(15)13-4-2-12(18)3-5-13/h1-6,9-10,20H,7-8H2. The largest absolute Gasteiger partial charge is 0.489 e. The summed E-state index contributed by atoms with van der Waals surface area (Å²) in [4.78, 5) is 0. The van der Waals surface area contributed by atoms with Crippen molar-refractivity contribution in [2.75, 3.05) is 13.2 Å². The third kappa shape index (κ3) is 2.73. The minimum atomic E-state index is -0.282. The van der Waals surface area contributed by atoms with E-state index >= 15 is 0 Å². The zero-order valence-corrected chi connectivity index (χ0v) is 11.8. The quantitative estimate of drug-likeness (QED) is 0.795. The van der Waals surface area contributed by atoms with E-state index in [2.05, 4.69) is 0 Å². The maximum atomic E-state index is 13.1. The average molecular weight is 306 g/mol. The Morgan fingerprint density at radius 1 is 1.14 bits per heavy atom. The fraction of sp³-hybridized carbons (Fsp3) is 0.125. The van der Waals surface area contributed by atoms with Gasteiger partial charge in [-0.3, -0.25) is 0 Å². The van der Waals surface area contributed by atoms with Gasteiger partial charge in [-0.15, -0.1) is 0 Å². The predicted octanol–water partition coefficient (Wildman–Crippen LogP) is 3.79. The number of aliphatic hydroxyl groups excluding tert-OH is 1. The number of rotatable bonds is 4. The SMILES string of the molecule is OCCOc1cn(-c2ccc(F)cc2)c2ccc(Cl)cc12. The number of benzene rings is 2. The van der Waals surface area contributed by atoms with Gasteiger partial charge in [-0.25, -0.2) is 4.39 Å². The van der Waals surface area contributed by atoms with E-state index in [1.807, 2.05) is 22.9 Å². The second-order valence-corrected chi connectivity index (χ2v) is 5.01. The minimum Gasteiger partial charge on any atom is -0.489 e.